The van der Waals surface area contributed by atoms with Gasteiger partial charge >= 0.3 is 23.7 Å². The molecule has 4 rings (SSSR count). The van der Waals surface area contributed by atoms with Crippen molar-refractivity contribution < 1.29 is 64.5 Å². The van der Waals surface area contributed by atoms with E-state index in [2.05, 4.69) is 15.6 Å². The lowest BCUT2D eigenvalue weighted by molar-refractivity contribution is -0.138. The van der Waals surface area contributed by atoms with Crippen LogP contribution in [0.2, 0.25) is 0 Å². The first-order valence-electron chi connectivity index (χ1n) is 18.5. The molecule has 0 fully saturated rings. The Balaban J connectivity index is 1.61. The molecule has 1 atom stereocenters. The monoisotopic (exact) mass is 862 g/mol. The highest BCUT2D eigenvalue weighted by Crippen LogP contribution is 2.35. The van der Waals surface area contributed by atoms with E-state index in [-0.39, 0.29) is 58.4 Å². The van der Waals surface area contributed by atoms with Gasteiger partial charge in [0.1, 0.15) is 22.8 Å². The van der Waals surface area contributed by atoms with E-state index in [9.17, 15) is 45.9 Å². The van der Waals surface area contributed by atoms with Crippen LogP contribution in [0.1, 0.15) is 84.0 Å². The number of imide groups is 1. The van der Waals surface area contributed by atoms with Crippen LogP contribution >= 0.6 is 0 Å². The summed E-state index contributed by atoms with van der Waals surface area (Å²) in [6.07, 6.45) is -1.31. The lowest BCUT2D eigenvalue weighted by Gasteiger charge is -2.28. The van der Waals surface area contributed by atoms with Crippen LogP contribution in [0.4, 0.5) is 44.3 Å². The normalized spacial score (nSPS) is 12.7. The molecule has 0 aliphatic carbocycles. The van der Waals surface area contributed by atoms with E-state index < -0.39 is 67.4 Å². The van der Waals surface area contributed by atoms with Crippen molar-refractivity contribution in [3.8, 4) is 5.75 Å². The third-order valence-corrected chi connectivity index (χ3v) is 10.0. The van der Waals surface area contributed by atoms with E-state index in [1.807, 2.05) is 0 Å². The second-order valence-electron chi connectivity index (χ2n) is 15.5. The SMILES string of the molecule is CCCc1cc(NC(=O)CCc2cc(C(Nc3ccc4c(N(C(=O)OC(C)(C)C)C(=O)OC(C)(C)C)ncc(F)c4c3)C(=O)O)ccc2OC)ccc1S(=O)(=O)C(F)(F)F. The predicted octanol–water partition coefficient (Wildman–Crippen LogP) is 9.11. The summed E-state index contributed by atoms with van der Waals surface area (Å²) >= 11 is 0. The average molecular weight is 863 g/mol. The Bertz CT molecular complexity index is 2370. The number of fused-ring (bicyclic) bond motifs is 1. The molecule has 0 radical (unpaired) electrons. The van der Waals surface area contributed by atoms with Gasteiger partial charge in [-0.25, -0.2) is 32.2 Å². The van der Waals surface area contributed by atoms with Gasteiger partial charge < -0.3 is 30.0 Å². The highest BCUT2D eigenvalue weighted by molar-refractivity contribution is 7.92. The van der Waals surface area contributed by atoms with Gasteiger partial charge in [-0.3, -0.25) is 4.79 Å². The number of halogens is 4. The topological polar surface area (TPSA) is 191 Å². The van der Waals surface area contributed by atoms with Crippen LogP contribution in [-0.2, 0) is 41.7 Å². The number of aromatic nitrogens is 1. The Morgan fingerprint density at radius 2 is 1.45 bits per heavy atom. The summed E-state index contributed by atoms with van der Waals surface area (Å²) in [5.41, 5.74) is -6.84. The van der Waals surface area contributed by atoms with Crippen molar-refractivity contribution in [3.63, 3.8) is 0 Å². The zero-order chi connectivity index (χ0) is 45.0. The van der Waals surface area contributed by atoms with Crippen LogP contribution in [-0.4, -0.2) is 66.4 Å². The molecule has 3 amide bonds. The number of pyridine rings is 1. The molecular formula is C41H46F4N4O10S. The first-order chi connectivity index (χ1) is 27.8. The largest absolute Gasteiger partial charge is 0.501 e. The molecule has 0 bridgehead atoms. The van der Waals surface area contributed by atoms with Gasteiger partial charge in [-0.05, 0) is 120 Å². The summed E-state index contributed by atoms with van der Waals surface area (Å²) in [6.45, 7) is 11.2. The number of nitrogens with zero attached hydrogens (tertiary/aromatic N) is 2. The van der Waals surface area contributed by atoms with Crippen molar-refractivity contribution in [1.29, 1.82) is 0 Å². The number of alkyl halides is 3. The van der Waals surface area contributed by atoms with Crippen LogP contribution in [0.15, 0.2) is 65.7 Å². The minimum atomic E-state index is -5.62. The van der Waals surface area contributed by atoms with E-state index >= 15 is 4.39 Å². The van der Waals surface area contributed by atoms with E-state index in [0.29, 0.717) is 22.6 Å². The lowest BCUT2D eigenvalue weighted by atomic mass is 9.99. The lowest BCUT2D eigenvalue weighted by Crippen LogP contribution is -2.44. The van der Waals surface area contributed by atoms with Crippen molar-refractivity contribution in [2.24, 2.45) is 0 Å². The van der Waals surface area contributed by atoms with Crippen molar-refractivity contribution >= 4 is 61.9 Å². The molecule has 1 unspecified atom stereocenters. The number of methoxy groups -OCH3 is 1. The predicted molar refractivity (Wildman–Crippen MR) is 214 cm³/mol. The smallest absolute Gasteiger partial charge is 0.496 e. The third-order valence-electron chi connectivity index (χ3n) is 8.46. The number of carbonyl (C=O) groups excluding carboxylic acids is 3. The molecular weight excluding hydrogens is 817 g/mol. The minimum Gasteiger partial charge on any atom is -0.496 e. The number of amides is 3. The number of carboxylic acid groups (broad SMARTS) is 1. The summed E-state index contributed by atoms with van der Waals surface area (Å²) in [6, 6.07) is 10.1. The van der Waals surface area contributed by atoms with E-state index in [1.54, 1.807) is 48.5 Å². The van der Waals surface area contributed by atoms with E-state index in [1.165, 1.54) is 49.6 Å². The average Bonchev–Trinajstić information content (AvgIpc) is 3.12. The number of ether oxygens (including phenoxy) is 3. The van der Waals surface area contributed by atoms with Crippen molar-refractivity contribution in [3.05, 3.63) is 83.3 Å². The number of hydrogen-bond donors (Lipinski definition) is 3. The van der Waals surface area contributed by atoms with Gasteiger partial charge in [0.15, 0.2) is 11.9 Å². The van der Waals surface area contributed by atoms with Gasteiger partial charge in [0.25, 0.3) is 9.84 Å². The van der Waals surface area contributed by atoms with Crippen LogP contribution in [0.3, 0.4) is 0 Å². The fraction of sp³-hybridized carbons (Fsp3) is 0.390. The Morgan fingerprint density at radius 3 is 2.00 bits per heavy atom. The zero-order valence-electron chi connectivity index (χ0n) is 34.1. The summed E-state index contributed by atoms with van der Waals surface area (Å²) in [5, 5.41) is 15.6. The van der Waals surface area contributed by atoms with E-state index in [4.69, 9.17) is 14.2 Å². The van der Waals surface area contributed by atoms with Crippen LogP contribution in [0.25, 0.3) is 10.8 Å². The molecule has 0 saturated heterocycles. The fourth-order valence-corrected chi connectivity index (χ4v) is 6.94. The molecule has 4 aromatic rings. The van der Waals surface area contributed by atoms with Crippen molar-refractivity contribution in [2.45, 2.75) is 102 Å². The molecule has 3 aromatic carbocycles. The van der Waals surface area contributed by atoms with Gasteiger partial charge in [-0.15, -0.1) is 0 Å². The number of sulfone groups is 1. The standard InChI is InChI=1S/C41H46F4N4O10S/c1-9-10-24-20-26(14-17-32(24)60(55,56)41(43,44)45)47-33(50)18-12-23-19-25(11-16-31(23)57-8)34(36(51)52)48-27-13-15-28-29(21-27)30(42)22-46-35(28)49(37(53)58-39(2,3)4)38(54)59-40(5,6)7/h11,13-17,19-22,34,48H,9-10,12,18H2,1-8H3,(H,47,50)(H,51,52). The second kappa shape index (κ2) is 18.1. The Labute approximate surface area is 344 Å². The first-order valence-corrected chi connectivity index (χ1v) is 20.0. The van der Waals surface area contributed by atoms with Crippen LogP contribution in [0, 0.1) is 5.82 Å². The maximum absolute atomic E-state index is 15.4. The number of anilines is 3. The molecule has 14 nitrogen and oxygen atoms in total. The number of hydrogen-bond acceptors (Lipinski definition) is 11. The van der Waals surface area contributed by atoms with Crippen molar-refractivity contribution in [2.75, 3.05) is 22.6 Å². The second-order valence-corrected chi connectivity index (χ2v) is 17.5. The Kier molecular flexibility index (Phi) is 14.1. The van der Waals surface area contributed by atoms with E-state index in [0.717, 1.165) is 18.3 Å². The molecule has 3 N–H and O–H groups in total. The summed E-state index contributed by atoms with van der Waals surface area (Å²) in [4.78, 5) is 56.0. The van der Waals surface area contributed by atoms with Gasteiger partial charge in [0, 0.05) is 28.6 Å². The number of nitrogens with one attached hydrogen (secondary N) is 2. The number of rotatable bonds is 13. The number of carbonyl (C=O) groups is 4. The molecule has 60 heavy (non-hydrogen) atoms. The number of benzene rings is 3. The maximum Gasteiger partial charge on any atom is 0.501 e. The zero-order valence-corrected chi connectivity index (χ0v) is 34.9. The van der Waals surface area contributed by atoms with Crippen molar-refractivity contribution in [1.82, 2.24) is 4.98 Å². The number of aliphatic carboxylic acids is 1. The number of carboxylic acids is 1. The first kappa shape index (κ1) is 46.7. The highest BCUT2D eigenvalue weighted by Gasteiger charge is 2.47. The number of aryl methyl sites for hydroxylation is 2. The van der Waals surface area contributed by atoms with Crippen LogP contribution in [0.5, 0.6) is 5.75 Å². The third kappa shape index (κ3) is 11.4. The minimum absolute atomic E-state index is 0.00183. The summed E-state index contributed by atoms with van der Waals surface area (Å²) in [5.74, 6) is -2.75. The summed E-state index contributed by atoms with van der Waals surface area (Å²) in [7, 11) is -4.25. The molecule has 1 aromatic heterocycles. The summed E-state index contributed by atoms with van der Waals surface area (Å²) < 4.78 is 95.8. The molecule has 0 saturated carbocycles. The molecule has 0 spiro atoms. The van der Waals surface area contributed by atoms with Gasteiger partial charge in [0.2, 0.25) is 5.91 Å². The molecule has 324 valence electrons. The highest BCUT2D eigenvalue weighted by atomic mass is 32.2. The van der Waals surface area contributed by atoms with Gasteiger partial charge in [-0.2, -0.15) is 18.1 Å². The molecule has 0 aliphatic heterocycles. The molecule has 1 heterocycles. The Morgan fingerprint density at radius 1 is 0.833 bits per heavy atom. The Hall–Kier alpha value is -5.98. The van der Waals surface area contributed by atoms with Crippen LogP contribution < -0.4 is 20.3 Å². The fourth-order valence-electron chi connectivity index (χ4n) is 5.93. The van der Waals surface area contributed by atoms with Gasteiger partial charge in [0.05, 0.1) is 18.2 Å². The maximum atomic E-state index is 15.4. The molecule has 0 aliphatic rings. The quantitative estimate of drug-likeness (QED) is 0.108. The molecule has 19 heteroatoms. The van der Waals surface area contributed by atoms with Gasteiger partial charge in [-0.1, -0.05) is 19.4 Å².